The fourth-order valence-electron chi connectivity index (χ4n) is 3.34. The lowest BCUT2D eigenvalue weighted by molar-refractivity contribution is 0.0632. The first-order chi connectivity index (χ1) is 13.6. The van der Waals surface area contributed by atoms with E-state index in [-0.39, 0.29) is 5.91 Å². The van der Waals surface area contributed by atoms with E-state index in [2.05, 4.69) is 28.1 Å². The Balaban J connectivity index is 1.36. The Morgan fingerprint density at radius 1 is 1.14 bits per heavy atom. The summed E-state index contributed by atoms with van der Waals surface area (Å²) in [6.07, 6.45) is 0. The number of hydrogen-bond acceptors (Lipinski definition) is 6. The second-order valence-electron chi connectivity index (χ2n) is 6.83. The van der Waals surface area contributed by atoms with Crippen LogP contribution in [0.5, 0.6) is 5.75 Å². The van der Waals surface area contributed by atoms with Crippen molar-refractivity contribution in [3.05, 3.63) is 57.9 Å². The molecule has 0 bridgehead atoms. The van der Waals surface area contributed by atoms with E-state index in [0.717, 1.165) is 58.9 Å². The molecule has 3 heterocycles. The zero-order valence-corrected chi connectivity index (χ0v) is 17.7. The van der Waals surface area contributed by atoms with Gasteiger partial charge in [0.2, 0.25) is 0 Å². The van der Waals surface area contributed by atoms with Crippen LogP contribution < -0.4 is 4.74 Å². The molecule has 1 fully saturated rings. The van der Waals surface area contributed by atoms with E-state index >= 15 is 0 Å². The van der Waals surface area contributed by atoms with Crippen molar-refractivity contribution in [3.63, 3.8) is 0 Å². The Morgan fingerprint density at radius 3 is 2.54 bits per heavy atom. The molecule has 1 aliphatic heterocycles. The Morgan fingerprint density at radius 2 is 1.89 bits per heavy atom. The minimum absolute atomic E-state index is 0.113. The van der Waals surface area contributed by atoms with Crippen LogP contribution >= 0.6 is 22.7 Å². The van der Waals surface area contributed by atoms with Crippen molar-refractivity contribution in [2.75, 3.05) is 33.3 Å². The van der Waals surface area contributed by atoms with E-state index in [1.165, 1.54) is 16.9 Å². The molecule has 0 aliphatic carbocycles. The SMILES string of the molecule is COc1ccc(CN2CCN(C(=O)c3sc(-c4cccs4)nc3C)CC2)cc1. The lowest BCUT2D eigenvalue weighted by Crippen LogP contribution is -2.48. The monoisotopic (exact) mass is 413 g/mol. The van der Waals surface area contributed by atoms with Crippen molar-refractivity contribution in [1.29, 1.82) is 0 Å². The lowest BCUT2D eigenvalue weighted by atomic mass is 10.2. The average molecular weight is 414 g/mol. The molecule has 4 rings (SSSR count). The number of carbonyl (C=O) groups excluding carboxylic acids is 1. The number of thiophene rings is 1. The Labute approximate surface area is 173 Å². The number of aromatic nitrogens is 1. The number of piperazine rings is 1. The summed E-state index contributed by atoms with van der Waals surface area (Å²) in [6.45, 7) is 6.09. The van der Waals surface area contributed by atoms with Gasteiger partial charge in [-0.3, -0.25) is 9.69 Å². The minimum atomic E-state index is 0.113. The smallest absolute Gasteiger partial charge is 0.265 e. The predicted octanol–water partition coefficient (Wildman–Crippen LogP) is 4.15. The van der Waals surface area contributed by atoms with Crippen LogP contribution in [0.1, 0.15) is 20.9 Å². The normalized spacial score (nSPS) is 15.0. The summed E-state index contributed by atoms with van der Waals surface area (Å²) < 4.78 is 5.22. The number of nitrogens with zero attached hydrogens (tertiary/aromatic N) is 3. The second kappa shape index (κ2) is 8.43. The van der Waals surface area contributed by atoms with Crippen molar-refractivity contribution in [3.8, 4) is 15.6 Å². The maximum atomic E-state index is 13.0. The summed E-state index contributed by atoms with van der Waals surface area (Å²) in [5.74, 6) is 0.989. The van der Waals surface area contributed by atoms with Crippen LogP contribution in [0, 0.1) is 6.92 Å². The average Bonchev–Trinajstić information content (AvgIpc) is 3.38. The number of hydrogen-bond donors (Lipinski definition) is 0. The van der Waals surface area contributed by atoms with Crippen LogP contribution in [0.2, 0.25) is 0 Å². The first kappa shape index (κ1) is 19.1. The van der Waals surface area contributed by atoms with Gasteiger partial charge < -0.3 is 9.64 Å². The number of carbonyl (C=O) groups is 1. The highest BCUT2D eigenvalue weighted by Crippen LogP contribution is 2.31. The van der Waals surface area contributed by atoms with E-state index in [0.29, 0.717) is 0 Å². The summed E-state index contributed by atoms with van der Waals surface area (Å²) in [6, 6.07) is 12.3. The summed E-state index contributed by atoms with van der Waals surface area (Å²) in [7, 11) is 1.68. The Hall–Kier alpha value is -2.22. The van der Waals surface area contributed by atoms with Crippen LogP contribution in [-0.4, -0.2) is 54.0 Å². The summed E-state index contributed by atoms with van der Waals surface area (Å²) in [5, 5.41) is 2.98. The molecule has 7 heteroatoms. The quantitative estimate of drug-likeness (QED) is 0.630. The fraction of sp³-hybridized carbons (Fsp3) is 0.333. The van der Waals surface area contributed by atoms with Gasteiger partial charge in [-0.2, -0.15) is 0 Å². The Bertz CT molecular complexity index is 927. The van der Waals surface area contributed by atoms with Gasteiger partial charge in [0.05, 0.1) is 17.7 Å². The van der Waals surface area contributed by atoms with Crippen LogP contribution in [0.25, 0.3) is 9.88 Å². The van der Waals surface area contributed by atoms with Crippen molar-refractivity contribution < 1.29 is 9.53 Å². The molecule has 0 spiro atoms. The highest BCUT2D eigenvalue weighted by molar-refractivity contribution is 7.22. The fourth-order valence-corrected chi connectivity index (χ4v) is 5.17. The van der Waals surface area contributed by atoms with Crippen LogP contribution in [0.15, 0.2) is 41.8 Å². The third kappa shape index (κ3) is 4.11. The highest BCUT2D eigenvalue weighted by atomic mass is 32.1. The largest absolute Gasteiger partial charge is 0.497 e. The molecule has 146 valence electrons. The molecule has 5 nitrogen and oxygen atoms in total. The molecule has 28 heavy (non-hydrogen) atoms. The summed E-state index contributed by atoms with van der Waals surface area (Å²) in [5.41, 5.74) is 2.10. The van der Waals surface area contributed by atoms with Gasteiger partial charge in [0.1, 0.15) is 15.6 Å². The molecule has 1 aliphatic rings. The molecule has 2 aromatic heterocycles. The van der Waals surface area contributed by atoms with Gasteiger partial charge in [-0.05, 0) is 36.1 Å². The second-order valence-corrected chi connectivity index (χ2v) is 8.77. The summed E-state index contributed by atoms with van der Waals surface area (Å²) >= 11 is 3.17. The maximum absolute atomic E-state index is 13.0. The zero-order valence-electron chi connectivity index (χ0n) is 16.1. The molecule has 0 atom stereocenters. The molecular weight excluding hydrogens is 390 g/mol. The topological polar surface area (TPSA) is 45.7 Å². The van der Waals surface area contributed by atoms with Gasteiger partial charge in [-0.1, -0.05) is 18.2 Å². The molecule has 3 aromatic rings. The number of ether oxygens (including phenoxy) is 1. The van der Waals surface area contributed by atoms with Gasteiger partial charge in [0.15, 0.2) is 0 Å². The number of thiazole rings is 1. The van der Waals surface area contributed by atoms with E-state index in [1.54, 1.807) is 18.4 Å². The molecule has 0 saturated carbocycles. The molecule has 1 aromatic carbocycles. The van der Waals surface area contributed by atoms with E-state index < -0.39 is 0 Å². The third-order valence-electron chi connectivity index (χ3n) is 4.95. The standard InChI is InChI=1S/C21H23N3O2S2/c1-15-19(28-20(22-15)18-4-3-13-27-18)21(25)24-11-9-23(10-12-24)14-16-5-7-17(26-2)8-6-16/h3-8,13H,9-12,14H2,1-2H3. The zero-order chi connectivity index (χ0) is 19.5. The minimum Gasteiger partial charge on any atom is -0.497 e. The third-order valence-corrected chi connectivity index (χ3v) is 7.13. The number of benzene rings is 1. The molecule has 1 saturated heterocycles. The molecule has 0 radical (unpaired) electrons. The molecule has 0 N–H and O–H groups in total. The summed E-state index contributed by atoms with van der Waals surface area (Å²) in [4.78, 5) is 23.9. The maximum Gasteiger partial charge on any atom is 0.265 e. The van der Waals surface area contributed by atoms with Crippen LogP contribution in [-0.2, 0) is 6.54 Å². The molecular formula is C21H23N3O2S2. The van der Waals surface area contributed by atoms with E-state index in [9.17, 15) is 4.79 Å². The van der Waals surface area contributed by atoms with Crippen molar-refractivity contribution in [2.45, 2.75) is 13.5 Å². The van der Waals surface area contributed by atoms with Crippen molar-refractivity contribution >= 4 is 28.6 Å². The number of aryl methyl sites for hydroxylation is 1. The number of methoxy groups -OCH3 is 1. The van der Waals surface area contributed by atoms with Gasteiger partial charge >= 0.3 is 0 Å². The number of amides is 1. The Kier molecular flexibility index (Phi) is 5.75. The van der Waals surface area contributed by atoms with Crippen molar-refractivity contribution in [1.82, 2.24) is 14.8 Å². The van der Waals surface area contributed by atoms with Crippen molar-refractivity contribution in [2.24, 2.45) is 0 Å². The first-order valence-electron chi connectivity index (χ1n) is 9.30. The van der Waals surface area contributed by atoms with Gasteiger partial charge in [-0.25, -0.2) is 4.98 Å². The lowest BCUT2D eigenvalue weighted by Gasteiger charge is -2.34. The van der Waals surface area contributed by atoms with E-state index in [4.69, 9.17) is 4.74 Å². The first-order valence-corrected chi connectivity index (χ1v) is 11.0. The molecule has 0 unspecified atom stereocenters. The highest BCUT2D eigenvalue weighted by Gasteiger charge is 2.25. The van der Waals surface area contributed by atoms with Gasteiger partial charge in [-0.15, -0.1) is 22.7 Å². The van der Waals surface area contributed by atoms with E-state index in [1.807, 2.05) is 35.4 Å². The van der Waals surface area contributed by atoms with Crippen LogP contribution in [0.4, 0.5) is 0 Å². The van der Waals surface area contributed by atoms with Gasteiger partial charge in [0, 0.05) is 32.7 Å². The van der Waals surface area contributed by atoms with Crippen LogP contribution in [0.3, 0.4) is 0 Å². The van der Waals surface area contributed by atoms with Gasteiger partial charge in [0.25, 0.3) is 5.91 Å². The number of rotatable bonds is 5. The predicted molar refractivity (Wildman–Crippen MR) is 114 cm³/mol. The molecule has 1 amide bonds.